The van der Waals surface area contributed by atoms with E-state index in [1.807, 2.05) is 0 Å². The van der Waals surface area contributed by atoms with Crippen LogP contribution in [-0.2, 0) is 19.1 Å². The van der Waals surface area contributed by atoms with Crippen molar-refractivity contribution >= 4 is 45.7 Å². The number of rotatable bonds is 6. The minimum Gasteiger partial charge on any atom is -0.453 e. The highest BCUT2D eigenvalue weighted by Crippen LogP contribution is 2.18. The Bertz CT molecular complexity index is 914. The fourth-order valence-electron chi connectivity index (χ4n) is 2.93. The van der Waals surface area contributed by atoms with Crippen molar-refractivity contribution in [3.8, 4) is 0 Å². The molecule has 2 rings (SSSR count). The first-order chi connectivity index (χ1) is 15.4. The lowest BCUT2D eigenvalue weighted by molar-refractivity contribution is -0.137. The molecule has 0 radical (unpaired) electrons. The van der Waals surface area contributed by atoms with E-state index in [1.165, 1.54) is 4.90 Å². The minimum atomic E-state index is -1.07. The van der Waals surface area contributed by atoms with E-state index in [-0.39, 0.29) is 25.5 Å². The van der Waals surface area contributed by atoms with Gasteiger partial charge >= 0.3 is 12.2 Å². The first kappa shape index (κ1) is 26.1. The third-order valence-electron chi connectivity index (χ3n) is 4.53. The number of ether oxygens (including phenoxy) is 2. The molecule has 2 N–H and O–H groups in total. The van der Waals surface area contributed by atoms with E-state index in [0.29, 0.717) is 5.56 Å². The molecule has 4 amide bonds. The van der Waals surface area contributed by atoms with Gasteiger partial charge in [-0.15, -0.1) is 0 Å². The van der Waals surface area contributed by atoms with Gasteiger partial charge in [-0.25, -0.2) is 9.59 Å². The number of halogens is 1. The number of Topliss-reactive ketones (excluding diaryl/α,β-unsaturated/α-hetero) is 1. The lowest BCUT2D eigenvalue weighted by Crippen LogP contribution is -2.50. The zero-order valence-electron chi connectivity index (χ0n) is 18.8. The van der Waals surface area contributed by atoms with E-state index in [4.69, 9.17) is 4.74 Å². The Hall–Kier alpha value is -3.15. The number of hydrogen-bond acceptors (Lipinski definition) is 7. The van der Waals surface area contributed by atoms with Gasteiger partial charge < -0.3 is 25.0 Å². The number of nitrogens with one attached hydrogen (secondary N) is 2. The molecule has 1 aromatic carbocycles. The van der Waals surface area contributed by atoms with E-state index >= 15 is 0 Å². The van der Waals surface area contributed by atoms with Gasteiger partial charge in [0.05, 0.1) is 20.2 Å². The molecule has 1 unspecified atom stereocenters. The largest absolute Gasteiger partial charge is 0.453 e. The molecule has 1 saturated heterocycles. The summed E-state index contributed by atoms with van der Waals surface area (Å²) in [5, 5.41) is 4.77. The Kier molecular flexibility index (Phi) is 8.80. The second-order valence-electron chi connectivity index (χ2n) is 8.22. The normalized spacial score (nSPS) is 15.6. The van der Waals surface area contributed by atoms with E-state index < -0.39 is 42.2 Å². The fourth-order valence-corrected chi connectivity index (χ4v) is 3.19. The molecule has 33 heavy (non-hydrogen) atoms. The number of amides is 4. The molecule has 1 aliphatic rings. The van der Waals surface area contributed by atoms with Gasteiger partial charge in [0, 0.05) is 10.0 Å². The summed E-state index contributed by atoms with van der Waals surface area (Å²) in [5.41, 5.74) is -0.356. The number of carbonyl (C=O) groups excluding carboxylic acids is 5. The number of methoxy groups -OCH3 is 1. The van der Waals surface area contributed by atoms with Crippen molar-refractivity contribution in [3.05, 3.63) is 34.3 Å². The van der Waals surface area contributed by atoms with Gasteiger partial charge in [0.1, 0.15) is 24.9 Å². The zero-order chi connectivity index (χ0) is 24.8. The third-order valence-corrected chi connectivity index (χ3v) is 5.05. The monoisotopic (exact) mass is 526 g/mol. The van der Waals surface area contributed by atoms with Crippen LogP contribution in [0.2, 0.25) is 0 Å². The van der Waals surface area contributed by atoms with Crippen LogP contribution in [0, 0.1) is 0 Å². The summed E-state index contributed by atoms with van der Waals surface area (Å²) in [6, 6.07) is 5.58. The van der Waals surface area contributed by atoms with Gasteiger partial charge in [-0.1, -0.05) is 28.1 Å². The highest BCUT2D eigenvalue weighted by atomic mass is 79.9. The second kappa shape index (κ2) is 11.1. The summed E-state index contributed by atoms with van der Waals surface area (Å²) in [7, 11) is 1.15. The van der Waals surface area contributed by atoms with Crippen LogP contribution in [-0.4, -0.2) is 84.6 Å². The van der Waals surface area contributed by atoms with Gasteiger partial charge in [0.25, 0.3) is 0 Å². The maximum atomic E-state index is 12.8. The molecule has 0 aliphatic carbocycles. The minimum absolute atomic E-state index is 0.128. The van der Waals surface area contributed by atoms with Crippen molar-refractivity contribution < 1.29 is 33.4 Å². The Morgan fingerprint density at radius 2 is 1.70 bits per heavy atom. The Balaban J connectivity index is 2.08. The fraction of sp³-hybridized carbons (Fsp3) is 0.476. The van der Waals surface area contributed by atoms with Crippen LogP contribution in [0.1, 0.15) is 31.1 Å². The van der Waals surface area contributed by atoms with Gasteiger partial charge in [-0.05, 0) is 32.9 Å². The Labute approximate surface area is 199 Å². The van der Waals surface area contributed by atoms with Gasteiger partial charge in [-0.3, -0.25) is 19.3 Å². The van der Waals surface area contributed by atoms with Crippen molar-refractivity contribution in [1.29, 1.82) is 0 Å². The highest BCUT2D eigenvalue weighted by molar-refractivity contribution is 9.10. The first-order valence-corrected chi connectivity index (χ1v) is 10.9. The van der Waals surface area contributed by atoms with Crippen molar-refractivity contribution in [2.24, 2.45) is 0 Å². The molecule has 0 saturated carbocycles. The summed E-state index contributed by atoms with van der Waals surface area (Å²) in [6.07, 6.45) is -1.50. The molecule has 1 fully saturated rings. The highest BCUT2D eigenvalue weighted by Gasteiger charge is 2.41. The molecule has 1 aliphatic heterocycles. The SMILES string of the molecule is COC(=O)NCC(=O)N1CN(C(=O)OC(C)(C)C)CC1C(=O)NCC(=O)c1ccc(Br)cc1. The van der Waals surface area contributed by atoms with Crippen LogP contribution in [0.4, 0.5) is 9.59 Å². The maximum Gasteiger partial charge on any atom is 0.411 e. The lowest BCUT2D eigenvalue weighted by Gasteiger charge is -2.24. The molecule has 0 aromatic heterocycles. The van der Waals surface area contributed by atoms with Crippen molar-refractivity contribution in [3.63, 3.8) is 0 Å². The van der Waals surface area contributed by atoms with Crippen molar-refractivity contribution in [2.45, 2.75) is 32.4 Å². The topological polar surface area (TPSA) is 134 Å². The molecule has 1 aromatic rings. The third kappa shape index (κ3) is 7.74. The molecule has 0 bridgehead atoms. The average Bonchev–Trinajstić information content (AvgIpc) is 3.20. The van der Waals surface area contributed by atoms with Gasteiger partial charge in [-0.2, -0.15) is 0 Å². The molecular weight excluding hydrogens is 500 g/mol. The quantitative estimate of drug-likeness (QED) is 0.536. The van der Waals surface area contributed by atoms with Crippen LogP contribution in [0.3, 0.4) is 0 Å². The molecule has 11 nitrogen and oxygen atoms in total. The summed E-state index contributed by atoms with van der Waals surface area (Å²) in [5.74, 6) is -1.54. The second-order valence-corrected chi connectivity index (χ2v) is 9.13. The van der Waals surface area contributed by atoms with E-state index in [2.05, 4.69) is 31.3 Å². The molecule has 12 heteroatoms. The zero-order valence-corrected chi connectivity index (χ0v) is 20.4. The summed E-state index contributed by atoms with van der Waals surface area (Å²) in [4.78, 5) is 64.0. The molecule has 180 valence electrons. The lowest BCUT2D eigenvalue weighted by atomic mass is 10.1. The number of carbonyl (C=O) groups is 5. The number of alkyl carbamates (subject to hydrolysis) is 1. The molecule has 1 heterocycles. The first-order valence-electron chi connectivity index (χ1n) is 10.1. The number of nitrogens with zero attached hydrogens (tertiary/aromatic N) is 2. The number of hydrogen-bond donors (Lipinski definition) is 2. The van der Waals surface area contributed by atoms with Crippen LogP contribution < -0.4 is 10.6 Å². The summed E-state index contributed by atoms with van der Waals surface area (Å²) < 4.78 is 10.6. The number of benzene rings is 1. The van der Waals surface area contributed by atoms with Gasteiger partial charge in [0.15, 0.2) is 5.78 Å². The van der Waals surface area contributed by atoms with Crippen LogP contribution >= 0.6 is 15.9 Å². The van der Waals surface area contributed by atoms with Gasteiger partial charge in [0.2, 0.25) is 11.8 Å². The van der Waals surface area contributed by atoms with Crippen LogP contribution in [0.25, 0.3) is 0 Å². The Morgan fingerprint density at radius 1 is 1.06 bits per heavy atom. The van der Waals surface area contributed by atoms with Crippen molar-refractivity contribution in [1.82, 2.24) is 20.4 Å². The predicted octanol–water partition coefficient (Wildman–Crippen LogP) is 1.51. The predicted molar refractivity (Wildman–Crippen MR) is 120 cm³/mol. The van der Waals surface area contributed by atoms with E-state index in [9.17, 15) is 24.0 Å². The Morgan fingerprint density at radius 3 is 2.27 bits per heavy atom. The molecular formula is C21H27BrN4O7. The smallest absolute Gasteiger partial charge is 0.411 e. The maximum absolute atomic E-state index is 12.8. The number of ketones is 1. The summed E-state index contributed by atoms with van der Waals surface area (Å²) in [6.45, 7) is 4.03. The van der Waals surface area contributed by atoms with Crippen LogP contribution in [0.15, 0.2) is 28.7 Å². The summed E-state index contributed by atoms with van der Waals surface area (Å²) >= 11 is 3.29. The molecule has 1 atom stereocenters. The van der Waals surface area contributed by atoms with E-state index in [0.717, 1.165) is 16.5 Å². The molecule has 0 spiro atoms. The average molecular weight is 527 g/mol. The van der Waals surface area contributed by atoms with E-state index in [1.54, 1.807) is 45.0 Å². The van der Waals surface area contributed by atoms with Crippen molar-refractivity contribution in [2.75, 3.05) is 33.4 Å². The standard InChI is InChI=1S/C21H27BrN4O7/c1-21(2,3)33-20(31)25-11-15(26(12-25)17(28)10-24-19(30)32-4)18(29)23-9-16(27)13-5-7-14(22)8-6-13/h5-8,15H,9-12H2,1-4H3,(H,23,29)(H,24,30). The van der Waals surface area contributed by atoms with Crippen LogP contribution in [0.5, 0.6) is 0 Å².